The molecule has 0 bridgehead atoms. The zero-order valence-corrected chi connectivity index (χ0v) is 36.7. The summed E-state index contributed by atoms with van der Waals surface area (Å²) in [6, 6.07) is 63.6. The average molecular weight is 889 g/mol. The lowest BCUT2D eigenvalue weighted by atomic mass is 10.0. The highest BCUT2D eigenvalue weighted by molar-refractivity contribution is 8.76. The number of hydrogen-bond donors (Lipinski definition) is 0. The summed E-state index contributed by atoms with van der Waals surface area (Å²) < 4.78 is 0. The topological polar surface area (TPSA) is 127 Å². The van der Waals surface area contributed by atoms with Crippen molar-refractivity contribution in [2.75, 3.05) is 0 Å². The van der Waals surface area contributed by atoms with Gasteiger partial charge in [-0.3, -0.25) is 19.9 Å². The van der Waals surface area contributed by atoms with Crippen molar-refractivity contribution in [3.63, 3.8) is 0 Å². The molecule has 0 aliphatic heterocycles. The van der Waals surface area contributed by atoms with Crippen LogP contribution in [-0.2, 0) is 0 Å². The van der Waals surface area contributed by atoms with Crippen LogP contribution in [0.25, 0.3) is 67.8 Å². The van der Waals surface area contributed by atoms with Gasteiger partial charge in [-0.1, -0.05) is 70.1 Å². The van der Waals surface area contributed by atoms with Crippen LogP contribution in [0.1, 0.15) is 0 Å². The monoisotopic (exact) mass is 888 g/mol. The molecular formula is C54H36N10S2. The summed E-state index contributed by atoms with van der Waals surface area (Å²) in [4.78, 5) is 30.1. The van der Waals surface area contributed by atoms with Gasteiger partial charge in [-0.25, -0.2) is 9.97 Å². The number of nitrogens with zero attached hydrogens (tertiary/aromatic N) is 10. The first kappa shape index (κ1) is 41.7. The van der Waals surface area contributed by atoms with Gasteiger partial charge in [0.2, 0.25) is 0 Å². The van der Waals surface area contributed by atoms with Crippen LogP contribution in [-0.4, -0.2) is 29.9 Å². The van der Waals surface area contributed by atoms with E-state index in [1.165, 1.54) is 0 Å². The van der Waals surface area contributed by atoms with Crippen molar-refractivity contribution >= 4 is 44.3 Å². The molecule has 314 valence electrons. The Morgan fingerprint density at radius 2 is 0.530 bits per heavy atom. The summed E-state index contributed by atoms with van der Waals surface area (Å²) in [6.45, 7) is 0. The predicted octanol–water partition coefficient (Wildman–Crippen LogP) is 15.7. The van der Waals surface area contributed by atoms with E-state index >= 15 is 0 Å². The fourth-order valence-corrected chi connectivity index (χ4v) is 8.81. The lowest BCUT2D eigenvalue weighted by Crippen LogP contribution is -1.93. The molecule has 10 aromatic rings. The van der Waals surface area contributed by atoms with Gasteiger partial charge in [0.05, 0.1) is 68.3 Å². The van der Waals surface area contributed by atoms with E-state index in [4.69, 9.17) is 9.97 Å². The average Bonchev–Trinajstić information content (AvgIpc) is 3.40. The number of aromatic nitrogens is 6. The first-order valence-corrected chi connectivity index (χ1v) is 23.1. The minimum Gasteiger partial charge on any atom is -0.255 e. The minimum absolute atomic E-state index is 0.755. The van der Waals surface area contributed by atoms with E-state index < -0.39 is 0 Å². The van der Waals surface area contributed by atoms with Gasteiger partial charge < -0.3 is 0 Å². The van der Waals surface area contributed by atoms with Crippen LogP contribution in [0.4, 0.5) is 22.7 Å². The first-order valence-electron chi connectivity index (χ1n) is 20.9. The zero-order chi connectivity index (χ0) is 44.3. The Bertz CT molecular complexity index is 2910. The highest BCUT2D eigenvalue weighted by Crippen LogP contribution is 2.39. The largest absolute Gasteiger partial charge is 0.255 e. The van der Waals surface area contributed by atoms with Crippen molar-refractivity contribution in [2.45, 2.75) is 9.79 Å². The van der Waals surface area contributed by atoms with Gasteiger partial charge in [-0.15, -0.1) is 0 Å². The Labute approximate surface area is 389 Å². The molecule has 12 heteroatoms. The highest BCUT2D eigenvalue weighted by atomic mass is 33.1. The molecule has 0 aliphatic rings. The molecule has 4 aromatic carbocycles. The van der Waals surface area contributed by atoms with Crippen molar-refractivity contribution in [3.8, 4) is 67.8 Å². The van der Waals surface area contributed by atoms with E-state index in [2.05, 4.69) is 88.9 Å². The lowest BCUT2D eigenvalue weighted by molar-refractivity contribution is 1.22. The Hall–Kier alpha value is -8.32. The van der Waals surface area contributed by atoms with Crippen LogP contribution in [0.15, 0.2) is 249 Å². The van der Waals surface area contributed by atoms with E-state index in [0.29, 0.717) is 0 Å². The molecule has 0 amide bonds. The zero-order valence-electron chi connectivity index (χ0n) is 35.1. The Balaban J connectivity index is 0.742. The fourth-order valence-electron chi connectivity index (χ4n) is 6.88. The molecule has 0 saturated heterocycles. The smallest absolute Gasteiger partial charge is 0.0900 e. The molecule has 0 saturated carbocycles. The predicted molar refractivity (Wildman–Crippen MR) is 265 cm³/mol. The summed E-state index contributed by atoms with van der Waals surface area (Å²) in [5.41, 5.74) is 13.5. The molecule has 0 spiro atoms. The van der Waals surface area contributed by atoms with Gasteiger partial charge in [0.25, 0.3) is 0 Å². The third-order valence-corrected chi connectivity index (χ3v) is 12.6. The van der Waals surface area contributed by atoms with Crippen molar-refractivity contribution in [2.24, 2.45) is 20.5 Å². The molecule has 66 heavy (non-hydrogen) atoms. The maximum absolute atomic E-state index is 4.88. The van der Waals surface area contributed by atoms with Crippen LogP contribution in [0.2, 0.25) is 0 Å². The number of hydrogen-bond acceptors (Lipinski definition) is 12. The summed E-state index contributed by atoms with van der Waals surface area (Å²) in [5, 5.41) is 18.0. The highest BCUT2D eigenvalue weighted by Gasteiger charge is 2.12. The molecule has 0 radical (unpaired) electrons. The second-order valence-electron chi connectivity index (χ2n) is 14.8. The molecular weight excluding hydrogens is 853 g/mol. The van der Waals surface area contributed by atoms with Gasteiger partial charge in [0.15, 0.2) is 0 Å². The number of benzene rings is 4. The summed E-state index contributed by atoms with van der Waals surface area (Å²) >= 11 is 0. The second-order valence-corrected chi connectivity index (χ2v) is 17.0. The van der Waals surface area contributed by atoms with Crippen LogP contribution < -0.4 is 0 Å². The normalized spacial score (nSPS) is 11.3. The molecule has 6 heterocycles. The molecule has 0 fully saturated rings. The molecule has 0 aliphatic carbocycles. The van der Waals surface area contributed by atoms with Crippen molar-refractivity contribution in [1.29, 1.82) is 0 Å². The molecule has 0 atom stereocenters. The van der Waals surface area contributed by atoms with Crippen molar-refractivity contribution in [3.05, 3.63) is 219 Å². The SMILES string of the molecule is c1ccc(-c2cc(-c3ccc(N=Nc4ccc(SSc5ccc(N=Nc6ccc(-c7cc(-c8ccccn8)nc(-c8ccccn8)c7)cc6)cc5)cc4)cc3)cc(-c3ccccn3)n2)nc1. The van der Waals surface area contributed by atoms with Crippen LogP contribution in [0.3, 0.4) is 0 Å². The van der Waals surface area contributed by atoms with Gasteiger partial charge in [-0.05, 0) is 168 Å². The van der Waals surface area contributed by atoms with Crippen LogP contribution in [0.5, 0.6) is 0 Å². The summed E-state index contributed by atoms with van der Waals surface area (Å²) in [7, 11) is 3.35. The molecule has 0 unspecified atom stereocenters. The summed E-state index contributed by atoms with van der Waals surface area (Å²) in [5.74, 6) is 0. The first-order chi connectivity index (χ1) is 32.6. The van der Waals surface area contributed by atoms with Crippen molar-refractivity contribution in [1.82, 2.24) is 29.9 Å². The van der Waals surface area contributed by atoms with Crippen molar-refractivity contribution < 1.29 is 0 Å². The Kier molecular flexibility index (Phi) is 12.6. The standard InChI is InChI=1S/C54H36N10S2/c1-5-29-55-47(9-1)51-33-39(34-52(59-51)48-10-2-6-30-56-48)37-13-17-41(18-14-37)61-63-43-21-25-45(26-22-43)65-66-46-27-23-44(24-28-46)64-62-42-19-15-38(16-20-42)40-35-53(49-11-3-7-31-57-49)60-54(36-40)50-12-4-8-32-58-50/h1-36H. The third-order valence-electron chi connectivity index (χ3n) is 10.2. The van der Waals surface area contributed by atoms with E-state index in [1.54, 1.807) is 46.4 Å². The summed E-state index contributed by atoms with van der Waals surface area (Å²) in [6.07, 6.45) is 7.10. The third kappa shape index (κ3) is 10.4. The number of pyridine rings is 6. The van der Waals surface area contributed by atoms with Gasteiger partial charge in [-0.2, -0.15) is 20.5 Å². The maximum atomic E-state index is 4.88. The van der Waals surface area contributed by atoms with E-state index in [1.807, 2.05) is 146 Å². The molecule has 0 N–H and O–H groups in total. The molecule has 6 aromatic heterocycles. The number of rotatable bonds is 13. The van der Waals surface area contributed by atoms with Gasteiger partial charge in [0.1, 0.15) is 0 Å². The molecule has 10 rings (SSSR count). The van der Waals surface area contributed by atoms with Gasteiger partial charge in [0, 0.05) is 34.6 Å². The molecule has 10 nitrogen and oxygen atoms in total. The minimum atomic E-state index is 0.755. The van der Waals surface area contributed by atoms with Crippen LogP contribution in [0, 0.1) is 0 Å². The van der Waals surface area contributed by atoms with E-state index in [9.17, 15) is 0 Å². The number of azo groups is 2. The van der Waals surface area contributed by atoms with Gasteiger partial charge >= 0.3 is 0 Å². The second kappa shape index (κ2) is 20.0. The lowest BCUT2D eigenvalue weighted by Gasteiger charge is -2.09. The fraction of sp³-hybridized carbons (Fsp3) is 0. The Morgan fingerprint density at radius 1 is 0.258 bits per heavy atom. The Morgan fingerprint density at radius 3 is 0.788 bits per heavy atom. The van der Waals surface area contributed by atoms with E-state index in [-0.39, 0.29) is 0 Å². The van der Waals surface area contributed by atoms with Crippen LogP contribution >= 0.6 is 21.6 Å². The quantitative estimate of drug-likeness (QED) is 0.0827. The maximum Gasteiger partial charge on any atom is 0.0900 e. The van der Waals surface area contributed by atoms with E-state index in [0.717, 1.165) is 100 Å².